The van der Waals surface area contributed by atoms with E-state index in [0.29, 0.717) is 18.3 Å². The van der Waals surface area contributed by atoms with Crippen LogP contribution in [0.4, 0.5) is 0 Å². The van der Waals surface area contributed by atoms with Gasteiger partial charge in [-0.2, -0.15) is 0 Å². The van der Waals surface area contributed by atoms with Crippen molar-refractivity contribution < 1.29 is 9.53 Å². The normalized spacial score (nSPS) is 13.7. The molecule has 1 aliphatic carbocycles. The van der Waals surface area contributed by atoms with Crippen LogP contribution in [0.1, 0.15) is 34.6 Å². The Morgan fingerprint density at radius 3 is 2.55 bits per heavy atom. The maximum Gasteiger partial charge on any atom is 0.273 e. The molecule has 1 fully saturated rings. The lowest BCUT2D eigenvalue weighted by molar-refractivity contribution is 0.0723. The van der Waals surface area contributed by atoms with Crippen molar-refractivity contribution in [2.45, 2.75) is 32.4 Å². The Morgan fingerprint density at radius 1 is 1.23 bits per heavy atom. The molecule has 4 nitrogen and oxygen atoms in total. The van der Waals surface area contributed by atoms with Gasteiger partial charge in [-0.3, -0.25) is 4.79 Å². The summed E-state index contributed by atoms with van der Waals surface area (Å²) in [6.07, 6.45) is 2.15. The van der Waals surface area contributed by atoms with E-state index in [1.807, 2.05) is 48.2 Å². The van der Waals surface area contributed by atoms with Gasteiger partial charge in [0.05, 0.1) is 7.11 Å². The van der Waals surface area contributed by atoms with E-state index < -0.39 is 0 Å². The fourth-order valence-electron chi connectivity index (χ4n) is 2.49. The summed E-state index contributed by atoms with van der Waals surface area (Å²) in [6.45, 7) is 2.52. The molecule has 4 heteroatoms. The maximum absolute atomic E-state index is 12.7. The summed E-state index contributed by atoms with van der Waals surface area (Å²) in [6, 6.07) is 13.8. The van der Waals surface area contributed by atoms with Gasteiger partial charge < -0.3 is 9.64 Å². The molecule has 0 aliphatic heterocycles. The smallest absolute Gasteiger partial charge is 0.273 e. The monoisotopic (exact) mass is 296 g/mol. The molecule has 114 valence electrons. The quantitative estimate of drug-likeness (QED) is 0.851. The number of rotatable bonds is 5. The van der Waals surface area contributed by atoms with E-state index in [1.165, 1.54) is 0 Å². The SMILES string of the molecule is COc1ccc(CN(C(=O)c2cccc(C)n2)C2CC2)cc1. The average Bonchev–Trinajstić information content (AvgIpc) is 3.37. The predicted molar refractivity (Wildman–Crippen MR) is 84.9 cm³/mol. The average molecular weight is 296 g/mol. The second kappa shape index (κ2) is 6.18. The number of amides is 1. The topological polar surface area (TPSA) is 42.4 Å². The van der Waals surface area contributed by atoms with Gasteiger partial charge in [-0.05, 0) is 49.6 Å². The van der Waals surface area contributed by atoms with E-state index >= 15 is 0 Å². The zero-order valence-electron chi connectivity index (χ0n) is 13.0. The van der Waals surface area contributed by atoms with E-state index in [2.05, 4.69) is 4.98 Å². The highest BCUT2D eigenvalue weighted by Crippen LogP contribution is 2.30. The van der Waals surface area contributed by atoms with E-state index in [1.54, 1.807) is 13.2 Å². The van der Waals surface area contributed by atoms with Crippen molar-refractivity contribution in [1.29, 1.82) is 0 Å². The molecule has 1 heterocycles. The van der Waals surface area contributed by atoms with Crippen LogP contribution in [0.3, 0.4) is 0 Å². The molecule has 0 N–H and O–H groups in total. The number of aryl methyl sites for hydroxylation is 1. The number of methoxy groups -OCH3 is 1. The molecule has 22 heavy (non-hydrogen) atoms. The first-order chi connectivity index (χ1) is 10.7. The lowest BCUT2D eigenvalue weighted by Crippen LogP contribution is -2.33. The van der Waals surface area contributed by atoms with Crippen LogP contribution < -0.4 is 4.74 Å². The molecular formula is C18H20N2O2. The van der Waals surface area contributed by atoms with Crippen LogP contribution in [0.25, 0.3) is 0 Å². The summed E-state index contributed by atoms with van der Waals surface area (Å²) in [7, 11) is 1.65. The number of carbonyl (C=O) groups is 1. The van der Waals surface area contributed by atoms with Gasteiger partial charge in [0.25, 0.3) is 5.91 Å². The van der Waals surface area contributed by atoms with Gasteiger partial charge in [-0.25, -0.2) is 4.98 Å². The summed E-state index contributed by atoms with van der Waals surface area (Å²) in [5.74, 6) is 0.843. The molecule has 0 saturated heterocycles. The van der Waals surface area contributed by atoms with Crippen LogP contribution in [-0.4, -0.2) is 28.9 Å². The summed E-state index contributed by atoms with van der Waals surface area (Å²) < 4.78 is 5.17. The molecule has 1 saturated carbocycles. The second-order valence-electron chi connectivity index (χ2n) is 5.68. The standard InChI is InChI=1S/C18H20N2O2/c1-13-4-3-5-17(19-13)18(21)20(15-8-9-15)12-14-6-10-16(22-2)11-7-14/h3-7,10-11,15H,8-9,12H2,1-2H3. The summed E-state index contributed by atoms with van der Waals surface area (Å²) >= 11 is 0. The number of hydrogen-bond acceptors (Lipinski definition) is 3. The molecule has 0 radical (unpaired) electrons. The van der Waals surface area contributed by atoms with Crippen LogP contribution in [0.2, 0.25) is 0 Å². The molecule has 2 aromatic rings. The van der Waals surface area contributed by atoms with Gasteiger partial charge >= 0.3 is 0 Å². The number of ether oxygens (including phenoxy) is 1. The number of carbonyl (C=O) groups excluding carboxylic acids is 1. The van der Waals surface area contributed by atoms with Crippen molar-refractivity contribution in [2.75, 3.05) is 7.11 Å². The van der Waals surface area contributed by atoms with Gasteiger partial charge in [-0.1, -0.05) is 18.2 Å². The first-order valence-electron chi connectivity index (χ1n) is 7.55. The third-order valence-corrected chi connectivity index (χ3v) is 3.87. The Bertz CT molecular complexity index is 663. The van der Waals surface area contributed by atoms with Crippen molar-refractivity contribution in [3.63, 3.8) is 0 Å². The van der Waals surface area contributed by atoms with Crippen LogP contribution in [0, 0.1) is 6.92 Å². The molecule has 1 aromatic carbocycles. The number of benzene rings is 1. The first kappa shape index (κ1) is 14.6. The zero-order valence-corrected chi connectivity index (χ0v) is 13.0. The third kappa shape index (κ3) is 3.27. The van der Waals surface area contributed by atoms with Crippen molar-refractivity contribution >= 4 is 5.91 Å². The first-order valence-corrected chi connectivity index (χ1v) is 7.55. The van der Waals surface area contributed by atoms with Crippen molar-refractivity contribution in [3.8, 4) is 5.75 Å². The number of hydrogen-bond donors (Lipinski definition) is 0. The Labute approximate surface area is 130 Å². The Kier molecular flexibility index (Phi) is 4.09. The van der Waals surface area contributed by atoms with Crippen molar-refractivity contribution in [2.24, 2.45) is 0 Å². The van der Waals surface area contributed by atoms with Gasteiger partial charge in [0.1, 0.15) is 11.4 Å². The molecular weight excluding hydrogens is 276 g/mol. The second-order valence-corrected chi connectivity index (χ2v) is 5.68. The molecule has 0 bridgehead atoms. The number of nitrogens with zero attached hydrogens (tertiary/aromatic N) is 2. The van der Waals surface area contributed by atoms with Crippen molar-refractivity contribution in [1.82, 2.24) is 9.88 Å². The minimum Gasteiger partial charge on any atom is -0.497 e. The molecule has 1 aromatic heterocycles. The molecule has 0 unspecified atom stereocenters. The zero-order chi connectivity index (χ0) is 15.5. The highest BCUT2D eigenvalue weighted by molar-refractivity contribution is 5.92. The van der Waals surface area contributed by atoms with Gasteiger partial charge in [0.15, 0.2) is 0 Å². The molecule has 0 atom stereocenters. The molecule has 1 aliphatic rings. The van der Waals surface area contributed by atoms with E-state index in [0.717, 1.165) is 29.8 Å². The van der Waals surface area contributed by atoms with Crippen LogP contribution >= 0.6 is 0 Å². The lowest BCUT2D eigenvalue weighted by Gasteiger charge is -2.22. The Balaban J connectivity index is 1.79. The van der Waals surface area contributed by atoms with Gasteiger partial charge in [0.2, 0.25) is 0 Å². The Morgan fingerprint density at radius 2 is 1.95 bits per heavy atom. The highest BCUT2D eigenvalue weighted by atomic mass is 16.5. The van der Waals surface area contributed by atoms with Gasteiger partial charge in [0, 0.05) is 18.3 Å². The van der Waals surface area contributed by atoms with E-state index in [9.17, 15) is 4.79 Å². The fourth-order valence-corrected chi connectivity index (χ4v) is 2.49. The summed E-state index contributed by atoms with van der Waals surface area (Å²) in [5, 5.41) is 0. The van der Waals surface area contributed by atoms with Gasteiger partial charge in [-0.15, -0.1) is 0 Å². The summed E-state index contributed by atoms with van der Waals surface area (Å²) in [4.78, 5) is 19.0. The minimum atomic E-state index is 0.0158. The fraction of sp³-hybridized carbons (Fsp3) is 0.333. The van der Waals surface area contributed by atoms with Crippen LogP contribution in [-0.2, 0) is 6.54 Å². The number of aromatic nitrogens is 1. The highest BCUT2D eigenvalue weighted by Gasteiger charge is 2.33. The largest absolute Gasteiger partial charge is 0.497 e. The van der Waals surface area contributed by atoms with Crippen LogP contribution in [0.15, 0.2) is 42.5 Å². The maximum atomic E-state index is 12.7. The van der Waals surface area contributed by atoms with E-state index in [-0.39, 0.29) is 5.91 Å². The lowest BCUT2D eigenvalue weighted by atomic mass is 10.2. The third-order valence-electron chi connectivity index (χ3n) is 3.87. The van der Waals surface area contributed by atoms with Crippen molar-refractivity contribution in [3.05, 3.63) is 59.4 Å². The van der Waals surface area contributed by atoms with E-state index in [4.69, 9.17) is 4.74 Å². The molecule has 1 amide bonds. The minimum absolute atomic E-state index is 0.0158. The molecule has 0 spiro atoms. The molecule has 3 rings (SSSR count). The number of pyridine rings is 1. The predicted octanol–water partition coefficient (Wildman–Crippen LogP) is 3.20. The van der Waals surface area contributed by atoms with Crippen LogP contribution in [0.5, 0.6) is 5.75 Å². The Hall–Kier alpha value is -2.36. The summed E-state index contributed by atoms with van der Waals surface area (Å²) in [5.41, 5.74) is 2.50.